The number of nitrogens with zero attached hydrogens (tertiary/aromatic N) is 2. The van der Waals surface area contributed by atoms with Crippen molar-refractivity contribution < 1.29 is 21.1 Å². The first-order valence-electron chi connectivity index (χ1n) is 8.98. The third kappa shape index (κ3) is 3.85. The van der Waals surface area contributed by atoms with Gasteiger partial charge in [-0.3, -0.25) is 4.68 Å². The maximum atomic E-state index is 5.05. The Labute approximate surface area is 162 Å². The first-order chi connectivity index (χ1) is 10.8. The van der Waals surface area contributed by atoms with E-state index in [0.717, 1.165) is 6.42 Å². The molecule has 0 spiro atoms. The number of rotatable bonds is 5. The smallest absolute Gasteiger partial charge is 0.0731 e. The SMILES string of the molecule is CCC(C)c1c(-c2c(C)cccc2C)c(C(C)C)nn1C(C)C.[Pt]. The normalized spacial score (nSPS) is 12.6. The van der Waals surface area contributed by atoms with Crippen LogP contribution >= 0.6 is 0 Å². The first kappa shape index (κ1) is 21.2. The van der Waals surface area contributed by atoms with E-state index in [9.17, 15) is 0 Å². The summed E-state index contributed by atoms with van der Waals surface area (Å²) in [4.78, 5) is 0. The van der Waals surface area contributed by atoms with Crippen LogP contribution in [-0.2, 0) is 21.1 Å². The maximum absolute atomic E-state index is 5.05. The molecular weight excluding hydrogens is 475 g/mol. The van der Waals surface area contributed by atoms with Crippen LogP contribution in [0.25, 0.3) is 11.1 Å². The summed E-state index contributed by atoms with van der Waals surface area (Å²) < 4.78 is 2.27. The van der Waals surface area contributed by atoms with Gasteiger partial charge in [0, 0.05) is 38.4 Å². The van der Waals surface area contributed by atoms with E-state index < -0.39 is 0 Å². The molecule has 1 atom stereocenters. The molecule has 1 unspecified atom stereocenters. The summed E-state index contributed by atoms with van der Waals surface area (Å²) in [6.07, 6.45) is 1.13. The molecule has 1 aromatic carbocycles. The predicted octanol–water partition coefficient (Wildman–Crippen LogP) is 6.38. The van der Waals surface area contributed by atoms with Gasteiger partial charge in [0.2, 0.25) is 0 Å². The fourth-order valence-electron chi connectivity index (χ4n) is 3.39. The van der Waals surface area contributed by atoms with Gasteiger partial charge in [-0.05, 0) is 62.6 Å². The van der Waals surface area contributed by atoms with Crippen LogP contribution < -0.4 is 0 Å². The van der Waals surface area contributed by atoms with Crippen molar-refractivity contribution >= 4 is 0 Å². The Morgan fingerprint density at radius 1 is 0.958 bits per heavy atom. The fourth-order valence-corrected chi connectivity index (χ4v) is 3.39. The zero-order valence-corrected chi connectivity index (χ0v) is 18.7. The molecule has 1 heterocycles. The molecule has 0 radical (unpaired) electrons. The summed E-state index contributed by atoms with van der Waals surface area (Å²) in [6, 6.07) is 6.98. The van der Waals surface area contributed by atoms with Gasteiger partial charge >= 0.3 is 0 Å². The zero-order chi connectivity index (χ0) is 17.3. The van der Waals surface area contributed by atoms with Crippen LogP contribution in [0.5, 0.6) is 0 Å². The monoisotopic (exact) mass is 507 g/mol. The fraction of sp³-hybridized carbons (Fsp3) is 0.571. The van der Waals surface area contributed by atoms with Crippen molar-refractivity contribution in [2.45, 2.75) is 79.7 Å². The summed E-state index contributed by atoms with van der Waals surface area (Å²) in [5.41, 5.74) is 8.12. The maximum Gasteiger partial charge on any atom is 0.0731 e. The third-order valence-electron chi connectivity index (χ3n) is 4.82. The second-order valence-electron chi connectivity index (χ2n) is 7.41. The minimum absolute atomic E-state index is 0. The molecule has 0 aliphatic carbocycles. The average Bonchev–Trinajstić information content (AvgIpc) is 2.87. The second-order valence-corrected chi connectivity index (χ2v) is 7.41. The molecule has 2 nitrogen and oxygen atoms in total. The quantitative estimate of drug-likeness (QED) is 0.459. The Morgan fingerprint density at radius 3 is 1.92 bits per heavy atom. The largest absolute Gasteiger partial charge is 0.266 e. The van der Waals surface area contributed by atoms with Gasteiger partial charge in [-0.15, -0.1) is 0 Å². The minimum atomic E-state index is 0. The Bertz CT molecular complexity index is 663. The zero-order valence-electron chi connectivity index (χ0n) is 16.4. The average molecular weight is 508 g/mol. The van der Waals surface area contributed by atoms with Gasteiger partial charge in [0.1, 0.15) is 0 Å². The van der Waals surface area contributed by atoms with Crippen LogP contribution in [0.4, 0.5) is 0 Å². The van der Waals surface area contributed by atoms with E-state index in [4.69, 9.17) is 5.10 Å². The van der Waals surface area contributed by atoms with Crippen LogP contribution in [-0.4, -0.2) is 9.78 Å². The summed E-state index contributed by atoms with van der Waals surface area (Å²) in [5, 5.41) is 5.05. The molecule has 24 heavy (non-hydrogen) atoms. The molecule has 136 valence electrons. The van der Waals surface area contributed by atoms with Gasteiger partial charge in [0.05, 0.1) is 5.69 Å². The van der Waals surface area contributed by atoms with Crippen molar-refractivity contribution in [1.29, 1.82) is 0 Å². The molecule has 2 aromatic rings. The number of hydrogen-bond acceptors (Lipinski definition) is 1. The summed E-state index contributed by atoms with van der Waals surface area (Å²) in [6.45, 7) is 18.0. The molecule has 2 rings (SSSR count). The summed E-state index contributed by atoms with van der Waals surface area (Å²) in [5.74, 6) is 0.929. The number of benzene rings is 1. The minimum Gasteiger partial charge on any atom is -0.266 e. The Hall–Kier alpha value is -0.882. The van der Waals surface area contributed by atoms with Crippen LogP contribution in [0.3, 0.4) is 0 Å². The van der Waals surface area contributed by atoms with Gasteiger partial charge in [0.15, 0.2) is 0 Å². The van der Waals surface area contributed by atoms with Gasteiger partial charge < -0.3 is 0 Å². The van der Waals surface area contributed by atoms with E-state index in [1.165, 1.54) is 33.6 Å². The van der Waals surface area contributed by atoms with E-state index in [2.05, 4.69) is 78.3 Å². The summed E-state index contributed by atoms with van der Waals surface area (Å²) in [7, 11) is 0. The molecule has 0 N–H and O–H groups in total. The Morgan fingerprint density at radius 2 is 1.50 bits per heavy atom. The van der Waals surface area contributed by atoms with Crippen LogP contribution in [0, 0.1) is 13.8 Å². The standard InChI is InChI=1S/C21H32N2.Pt/c1-9-15(6)21-19(18-16(7)11-10-12-17(18)8)20(13(2)3)22-23(21)14(4)5;/h10-15H,9H2,1-8H3;. The predicted molar refractivity (Wildman–Crippen MR) is 100 cm³/mol. The van der Waals surface area contributed by atoms with Gasteiger partial charge in [-0.2, -0.15) is 5.10 Å². The van der Waals surface area contributed by atoms with E-state index in [-0.39, 0.29) is 21.1 Å². The van der Waals surface area contributed by atoms with E-state index in [1.54, 1.807) is 0 Å². The van der Waals surface area contributed by atoms with Crippen LogP contribution in [0.1, 0.15) is 88.4 Å². The van der Waals surface area contributed by atoms with Gasteiger partial charge in [-0.25, -0.2) is 0 Å². The molecular formula is C21H32N2Pt. The van der Waals surface area contributed by atoms with Crippen LogP contribution in [0.15, 0.2) is 18.2 Å². The van der Waals surface area contributed by atoms with Gasteiger partial charge in [0.25, 0.3) is 0 Å². The number of aryl methyl sites for hydroxylation is 2. The van der Waals surface area contributed by atoms with E-state index in [1.807, 2.05) is 0 Å². The molecule has 0 fully saturated rings. The Balaban J connectivity index is 0.00000288. The molecule has 0 bridgehead atoms. The first-order valence-corrected chi connectivity index (χ1v) is 8.98. The molecule has 0 saturated carbocycles. The van der Waals surface area contributed by atoms with Crippen molar-refractivity contribution in [2.24, 2.45) is 0 Å². The topological polar surface area (TPSA) is 17.8 Å². The third-order valence-corrected chi connectivity index (χ3v) is 4.82. The van der Waals surface area contributed by atoms with Crippen molar-refractivity contribution in [3.63, 3.8) is 0 Å². The molecule has 1 aromatic heterocycles. The van der Waals surface area contributed by atoms with E-state index >= 15 is 0 Å². The van der Waals surface area contributed by atoms with Crippen molar-refractivity contribution in [2.75, 3.05) is 0 Å². The molecule has 0 aliphatic rings. The van der Waals surface area contributed by atoms with Crippen molar-refractivity contribution in [1.82, 2.24) is 9.78 Å². The molecule has 0 aliphatic heterocycles. The molecule has 3 heteroatoms. The van der Waals surface area contributed by atoms with Crippen LogP contribution in [0.2, 0.25) is 0 Å². The number of aromatic nitrogens is 2. The van der Waals surface area contributed by atoms with Crippen molar-refractivity contribution in [3.05, 3.63) is 40.7 Å². The second kappa shape index (κ2) is 8.47. The Kier molecular flexibility index (Phi) is 7.47. The van der Waals surface area contributed by atoms with E-state index in [0.29, 0.717) is 17.9 Å². The number of hydrogen-bond donors (Lipinski definition) is 0. The molecule has 0 amide bonds. The van der Waals surface area contributed by atoms with Crippen molar-refractivity contribution in [3.8, 4) is 11.1 Å². The van der Waals surface area contributed by atoms with Gasteiger partial charge in [-0.1, -0.05) is 45.9 Å². The molecule has 0 saturated heterocycles. The summed E-state index contributed by atoms with van der Waals surface area (Å²) >= 11 is 0.